The van der Waals surface area contributed by atoms with Gasteiger partial charge in [0.15, 0.2) is 5.76 Å². The van der Waals surface area contributed by atoms with Crippen LogP contribution >= 0.6 is 0 Å². The normalized spacial score (nSPS) is 18.0. The van der Waals surface area contributed by atoms with E-state index in [1.807, 2.05) is 13.8 Å². The zero-order valence-electron chi connectivity index (χ0n) is 25.2. The average Bonchev–Trinajstić information content (AvgIpc) is 3.29. The van der Waals surface area contributed by atoms with Crippen molar-refractivity contribution in [1.29, 1.82) is 0 Å². The van der Waals surface area contributed by atoms with Crippen LogP contribution in [0, 0.1) is 26.7 Å². The summed E-state index contributed by atoms with van der Waals surface area (Å²) in [5.74, 6) is 0.419. The van der Waals surface area contributed by atoms with E-state index in [0.29, 0.717) is 28.5 Å². The number of nitrogens with zero attached hydrogens (tertiary/aromatic N) is 3. The molecule has 0 unspecified atom stereocenters. The molecule has 3 aromatic rings. The molecule has 43 heavy (non-hydrogen) atoms. The molecule has 2 heterocycles. The Morgan fingerprint density at radius 2 is 1.88 bits per heavy atom. The van der Waals surface area contributed by atoms with Gasteiger partial charge in [-0.15, -0.1) is 0 Å². The maximum atomic E-state index is 13.5. The van der Waals surface area contributed by atoms with Crippen LogP contribution in [0.3, 0.4) is 0 Å². The Balaban J connectivity index is 1.62. The molecule has 3 atom stereocenters. The molecule has 1 aliphatic rings. The molecule has 1 aliphatic heterocycles. The molecule has 0 radical (unpaired) electrons. The number of urea groups is 1. The molecule has 4 rings (SSSR count). The Kier molecular flexibility index (Phi) is 9.65. The van der Waals surface area contributed by atoms with Crippen molar-refractivity contribution in [3.8, 4) is 5.75 Å². The van der Waals surface area contributed by atoms with Crippen LogP contribution < -0.4 is 14.8 Å². The maximum Gasteiger partial charge on any atom is 0.321 e. The monoisotopic (exact) mass is 613 g/mol. The molecule has 3 amide bonds. The Labute approximate surface area is 252 Å². The molecule has 232 valence electrons. The van der Waals surface area contributed by atoms with Crippen molar-refractivity contribution in [1.82, 2.24) is 15.0 Å². The summed E-state index contributed by atoms with van der Waals surface area (Å²) in [4.78, 5) is 29.8. The highest BCUT2D eigenvalue weighted by atomic mass is 32.2. The molecule has 3 N–H and O–H groups in total. The molecule has 0 spiro atoms. The summed E-state index contributed by atoms with van der Waals surface area (Å²) in [6.07, 6.45) is -0.616. The van der Waals surface area contributed by atoms with E-state index in [-0.39, 0.29) is 54.6 Å². The second kappa shape index (κ2) is 13.0. The largest absolute Gasteiger partial charge is 0.488 e. The number of hydrogen-bond acceptors (Lipinski definition) is 8. The van der Waals surface area contributed by atoms with Crippen molar-refractivity contribution in [2.75, 3.05) is 36.8 Å². The van der Waals surface area contributed by atoms with Crippen LogP contribution in [0.5, 0.6) is 5.75 Å². The topological polar surface area (TPSA) is 154 Å². The first-order valence-corrected chi connectivity index (χ1v) is 15.5. The zero-order chi connectivity index (χ0) is 31.5. The highest BCUT2D eigenvalue weighted by Gasteiger charge is 2.32. The molecular formula is C30H39N5O7S. The first-order valence-electron chi connectivity index (χ1n) is 14.0. The predicted octanol–water partition coefficient (Wildman–Crippen LogP) is 3.71. The Morgan fingerprint density at radius 1 is 1.19 bits per heavy atom. The lowest BCUT2D eigenvalue weighted by molar-refractivity contribution is -0.134. The van der Waals surface area contributed by atoms with Gasteiger partial charge in [0.25, 0.3) is 10.0 Å². The van der Waals surface area contributed by atoms with Gasteiger partial charge in [0.2, 0.25) is 5.91 Å². The number of aromatic nitrogens is 1. The van der Waals surface area contributed by atoms with E-state index in [9.17, 15) is 23.1 Å². The number of anilines is 2. The van der Waals surface area contributed by atoms with Gasteiger partial charge in [0.1, 0.15) is 23.2 Å². The van der Waals surface area contributed by atoms with Crippen LogP contribution in [0.1, 0.15) is 36.4 Å². The van der Waals surface area contributed by atoms with Gasteiger partial charge < -0.3 is 29.5 Å². The number of aryl methyl sites for hydroxylation is 3. The van der Waals surface area contributed by atoms with E-state index >= 15 is 0 Å². The van der Waals surface area contributed by atoms with Gasteiger partial charge in [-0.25, -0.2) is 13.2 Å². The van der Waals surface area contributed by atoms with E-state index < -0.39 is 22.2 Å². The molecule has 2 aromatic carbocycles. The summed E-state index contributed by atoms with van der Waals surface area (Å²) in [5.41, 5.74) is 2.74. The van der Waals surface area contributed by atoms with E-state index in [2.05, 4.69) is 15.2 Å². The number of aliphatic hydroxyl groups is 1. The number of nitrogens with one attached hydrogen (secondary N) is 2. The fraction of sp³-hybridized carbons (Fsp3) is 0.433. The Bertz CT molecular complexity index is 1550. The van der Waals surface area contributed by atoms with Crippen molar-refractivity contribution in [2.45, 2.75) is 58.1 Å². The summed E-state index contributed by atoms with van der Waals surface area (Å²) in [5, 5.41) is 16.6. The molecule has 1 aromatic heterocycles. The number of ether oxygens (including phenoxy) is 1. The number of fused-ring (bicyclic) bond motifs is 1. The predicted molar refractivity (Wildman–Crippen MR) is 162 cm³/mol. The highest BCUT2D eigenvalue weighted by Crippen LogP contribution is 2.30. The van der Waals surface area contributed by atoms with Crippen LogP contribution in [0.15, 0.2) is 51.9 Å². The third-order valence-electron chi connectivity index (χ3n) is 7.57. The molecule has 0 saturated heterocycles. The van der Waals surface area contributed by atoms with Gasteiger partial charge in [-0.2, -0.15) is 0 Å². The smallest absolute Gasteiger partial charge is 0.321 e. The first-order chi connectivity index (χ1) is 20.3. The van der Waals surface area contributed by atoms with E-state index in [0.717, 1.165) is 5.56 Å². The number of amides is 3. The van der Waals surface area contributed by atoms with E-state index in [4.69, 9.17) is 9.26 Å². The minimum atomic E-state index is -3.88. The second-order valence-corrected chi connectivity index (χ2v) is 12.8. The minimum Gasteiger partial charge on any atom is -0.488 e. The third-order valence-corrected chi connectivity index (χ3v) is 8.96. The number of sulfonamides is 1. The Morgan fingerprint density at radius 3 is 2.51 bits per heavy atom. The first kappa shape index (κ1) is 31.8. The lowest BCUT2D eigenvalue weighted by Gasteiger charge is -2.34. The lowest BCUT2D eigenvalue weighted by atomic mass is 10.0. The van der Waals surface area contributed by atoms with Gasteiger partial charge in [-0.1, -0.05) is 29.8 Å². The number of rotatable bonds is 8. The van der Waals surface area contributed by atoms with Crippen molar-refractivity contribution in [2.24, 2.45) is 5.92 Å². The van der Waals surface area contributed by atoms with Crippen molar-refractivity contribution < 1.29 is 32.4 Å². The maximum absolute atomic E-state index is 13.5. The van der Waals surface area contributed by atoms with Gasteiger partial charge >= 0.3 is 6.03 Å². The van der Waals surface area contributed by atoms with Gasteiger partial charge in [0, 0.05) is 30.8 Å². The van der Waals surface area contributed by atoms with Crippen LogP contribution in [0.2, 0.25) is 0 Å². The number of likely N-dealkylation sites (N-methyl/N-ethyl adjacent to an activating group) is 1. The van der Waals surface area contributed by atoms with Gasteiger partial charge in [-0.3, -0.25) is 9.52 Å². The van der Waals surface area contributed by atoms with E-state index in [1.165, 1.54) is 17.0 Å². The quantitative estimate of drug-likeness (QED) is 0.347. The number of carbonyl (C=O) groups is 2. The molecule has 13 heteroatoms. The number of hydrogen-bond donors (Lipinski definition) is 3. The third kappa shape index (κ3) is 7.46. The second-order valence-electron chi connectivity index (χ2n) is 11.1. The van der Waals surface area contributed by atoms with Crippen molar-refractivity contribution in [3.05, 3.63) is 65.0 Å². The summed E-state index contributed by atoms with van der Waals surface area (Å²) in [6, 6.07) is 10.4. The summed E-state index contributed by atoms with van der Waals surface area (Å²) in [6.45, 7) is 9.22. The number of aliphatic hydroxyl groups excluding tert-OH is 1. The molecule has 0 fully saturated rings. The molecule has 0 aliphatic carbocycles. The van der Waals surface area contributed by atoms with Gasteiger partial charge in [-0.05, 0) is 58.0 Å². The fourth-order valence-electron chi connectivity index (χ4n) is 4.86. The van der Waals surface area contributed by atoms with Crippen molar-refractivity contribution >= 4 is 33.3 Å². The molecule has 12 nitrogen and oxygen atoms in total. The molecular weight excluding hydrogens is 574 g/mol. The minimum absolute atomic E-state index is 0.0679. The van der Waals surface area contributed by atoms with Crippen LogP contribution in [-0.2, 0) is 21.2 Å². The van der Waals surface area contributed by atoms with Crippen LogP contribution in [0.25, 0.3) is 0 Å². The SMILES string of the molecule is Cc1ccc(S(=O)(=O)Nc2ccc3c(c2)CC(=O)N([C@@H](C)CO)C[C@H](C)[C@@H](CN(C)C(=O)Nc2c(C)noc2C)O3)cc1. The van der Waals surface area contributed by atoms with Crippen LogP contribution in [-0.4, -0.2) is 79.3 Å². The fourth-order valence-corrected chi connectivity index (χ4v) is 5.91. The summed E-state index contributed by atoms with van der Waals surface area (Å²) in [7, 11) is -2.24. The average molecular weight is 614 g/mol. The van der Waals surface area contributed by atoms with Gasteiger partial charge in [0.05, 0.1) is 30.5 Å². The Hall–Kier alpha value is -4.10. The highest BCUT2D eigenvalue weighted by molar-refractivity contribution is 7.92. The zero-order valence-corrected chi connectivity index (χ0v) is 26.1. The summed E-state index contributed by atoms with van der Waals surface area (Å²) < 4.78 is 40.3. The standard InChI is InChI=1S/C30H39N5O7S/c1-18-7-10-25(11-8-18)43(39,40)33-24-9-12-26-23(13-24)14-28(37)35(20(3)17-36)15-19(2)27(41-26)16-34(6)30(38)31-29-21(4)32-42-22(29)5/h7-13,19-20,27,33,36H,14-17H2,1-6H3,(H,31,38)/t19-,20-,27+/m0/s1. The molecule has 0 bridgehead atoms. The van der Waals surface area contributed by atoms with Crippen molar-refractivity contribution in [3.63, 3.8) is 0 Å². The van der Waals surface area contributed by atoms with E-state index in [1.54, 1.807) is 63.1 Å². The van der Waals surface area contributed by atoms with Crippen LogP contribution in [0.4, 0.5) is 16.2 Å². The summed E-state index contributed by atoms with van der Waals surface area (Å²) >= 11 is 0. The number of carbonyl (C=O) groups excluding carboxylic acids is 2. The molecule has 0 saturated carbocycles. The number of benzene rings is 2. The lowest BCUT2D eigenvalue weighted by Crippen LogP contribution is -2.48.